The average molecular weight is 724 g/mol. The lowest BCUT2D eigenvalue weighted by Gasteiger charge is -2.27. The van der Waals surface area contributed by atoms with Crippen molar-refractivity contribution in [2.45, 2.75) is 44.6 Å². The van der Waals surface area contributed by atoms with Crippen LogP contribution in [0.4, 0.5) is 0 Å². The number of halogens is 3. The summed E-state index contributed by atoms with van der Waals surface area (Å²) in [5.41, 5.74) is 2.46. The largest absolute Gasteiger partial charge is 0.491 e. The van der Waals surface area contributed by atoms with Crippen LogP contribution < -0.4 is 9.47 Å². The monoisotopic (exact) mass is 723 g/mol. The summed E-state index contributed by atoms with van der Waals surface area (Å²) < 4.78 is 14.6. The zero-order valence-corrected chi connectivity index (χ0v) is 24.4. The molecule has 0 unspecified atom stereocenters. The number of aliphatic hydroxyl groups excluding tert-OH is 3. The second-order valence-electron chi connectivity index (χ2n) is 8.55. The fraction of sp³-hybridized carbons (Fsp3) is 0.417. The first-order valence-electron chi connectivity index (χ1n) is 10.9. The Labute approximate surface area is 236 Å². The number of alkyl halides is 1. The number of aromatic nitrogens is 3. The standard InChI is InChI=1S/C24H28ClI2N3O5/c1-24(2,16-5-8-22(20(26)9-16)35-13-17(32)10-25)15-3-6-19(7-4-15)34-14-18(33)11-30-23(27)21(12-31)28-29-30/h3-9,17-18,31-33H,10-14H2,1-2H3/t17-,18-/m0/s1/i27-4. The normalized spacial score (nSPS) is 13.5. The lowest BCUT2D eigenvalue weighted by molar-refractivity contribution is 0.0881. The van der Waals surface area contributed by atoms with E-state index in [-0.39, 0.29) is 37.7 Å². The van der Waals surface area contributed by atoms with Crippen molar-refractivity contribution in [2.24, 2.45) is 0 Å². The van der Waals surface area contributed by atoms with Crippen LogP contribution in [0.1, 0.15) is 30.7 Å². The molecule has 3 rings (SSSR count). The van der Waals surface area contributed by atoms with Gasteiger partial charge < -0.3 is 24.8 Å². The predicted molar refractivity (Wildman–Crippen MR) is 150 cm³/mol. The Morgan fingerprint density at radius 3 is 2.31 bits per heavy atom. The van der Waals surface area contributed by atoms with Gasteiger partial charge in [0.1, 0.15) is 46.3 Å². The third-order valence-corrected chi connectivity index (χ3v) is 7.93. The van der Waals surface area contributed by atoms with Crippen molar-refractivity contribution in [2.75, 3.05) is 19.1 Å². The van der Waals surface area contributed by atoms with E-state index >= 15 is 0 Å². The molecular weight excluding hydrogens is 696 g/mol. The van der Waals surface area contributed by atoms with E-state index in [0.29, 0.717) is 20.9 Å². The molecule has 3 aromatic rings. The molecule has 8 nitrogen and oxygen atoms in total. The first-order valence-corrected chi connectivity index (χ1v) is 13.6. The van der Waals surface area contributed by atoms with Gasteiger partial charge in [-0.15, -0.1) is 16.7 Å². The maximum Gasteiger partial charge on any atom is 0.132 e. The van der Waals surface area contributed by atoms with Crippen LogP contribution in [0.5, 0.6) is 11.5 Å². The molecule has 1 aromatic heterocycles. The fourth-order valence-corrected chi connectivity index (χ4v) is 4.70. The van der Waals surface area contributed by atoms with Crippen LogP contribution in [-0.2, 0) is 18.6 Å². The number of hydrogen-bond donors (Lipinski definition) is 3. The molecule has 0 fully saturated rings. The Bertz CT molecular complexity index is 1110. The van der Waals surface area contributed by atoms with E-state index in [0.717, 1.165) is 14.7 Å². The molecule has 0 saturated carbocycles. The van der Waals surface area contributed by atoms with Crippen molar-refractivity contribution in [1.82, 2.24) is 15.0 Å². The number of rotatable bonds is 12. The van der Waals surface area contributed by atoms with Gasteiger partial charge in [0, 0.05) is 5.41 Å². The van der Waals surface area contributed by atoms with E-state index in [1.807, 2.05) is 59.0 Å². The number of aliphatic hydroxyl groups is 3. The first kappa shape index (κ1) is 28.4. The SMILES string of the molecule is CC(C)(c1ccc(OC[C@@H](O)Cn2nnc(CO)c2[123I])cc1)c1ccc(OC[C@@H](O)CCl)c(I)c1. The predicted octanol–water partition coefficient (Wildman–Crippen LogP) is 3.72. The van der Waals surface area contributed by atoms with Gasteiger partial charge in [-0.05, 0) is 80.6 Å². The summed E-state index contributed by atoms with van der Waals surface area (Å²) in [7, 11) is 0. The number of hydrogen-bond acceptors (Lipinski definition) is 7. The smallest absolute Gasteiger partial charge is 0.132 e. The van der Waals surface area contributed by atoms with E-state index in [4.69, 9.17) is 21.1 Å². The first-order chi connectivity index (χ1) is 16.6. The minimum Gasteiger partial charge on any atom is -0.491 e. The molecule has 190 valence electrons. The number of benzene rings is 2. The van der Waals surface area contributed by atoms with Crippen molar-refractivity contribution in [1.29, 1.82) is 0 Å². The molecule has 0 spiro atoms. The molecule has 11 heteroatoms. The Morgan fingerprint density at radius 2 is 1.71 bits per heavy atom. The van der Waals surface area contributed by atoms with E-state index in [2.05, 4.69) is 52.8 Å². The summed E-state index contributed by atoms with van der Waals surface area (Å²) in [5.74, 6) is 1.50. The van der Waals surface area contributed by atoms with Crippen LogP contribution in [0.15, 0.2) is 42.5 Å². The Hall–Kier alpha value is -1.19. The molecule has 1 heterocycles. The molecule has 2 aromatic carbocycles. The van der Waals surface area contributed by atoms with Gasteiger partial charge in [-0.25, -0.2) is 4.68 Å². The van der Waals surface area contributed by atoms with Crippen LogP contribution in [0.25, 0.3) is 0 Å². The maximum atomic E-state index is 10.3. The quantitative estimate of drug-likeness (QED) is 0.193. The summed E-state index contributed by atoms with van der Waals surface area (Å²) in [5, 5.41) is 37.0. The summed E-state index contributed by atoms with van der Waals surface area (Å²) in [4.78, 5) is 0. The Kier molecular flexibility index (Phi) is 10.4. The molecule has 2 atom stereocenters. The average Bonchev–Trinajstić information content (AvgIpc) is 3.20. The van der Waals surface area contributed by atoms with Gasteiger partial charge in [0.05, 0.1) is 22.6 Å². The van der Waals surface area contributed by atoms with Gasteiger partial charge >= 0.3 is 0 Å². The van der Waals surface area contributed by atoms with Crippen molar-refractivity contribution in [3.8, 4) is 11.5 Å². The second kappa shape index (κ2) is 12.9. The highest BCUT2D eigenvalue weighted by Gasteiger charge is 2.24. The van der Waals surface area contributed by atoms with Crippen molar-refractivity contribution < 1.29 is 24.8 Å². The maximum absolute atomic E-state index is 10.3. The van der Waals surface area contributed by atoms with Gasteiger partial charge in [0.25, 0.3) is 0 Å². The van der Waals surface area contributed by atoms with Gasteiger partial charge in [-0.1, -0.05) is 37.3 Å². The number of nitrogens with zero attached hydrogens (tertiary/aromatic N) is 3. The second-order valence-corrected chi connectivity index (χ2v) is 11.0. The molecule has 0 amide bonds. The molecule has 3 N–H and O–H groups in total. The third-order valence-electron chi connectivity index (χ3n) is 5.55. The minimum atomic E-state index is -0.777. The lowest BCUT2D eigenvalue weighted by atomic mass is 9.78. The molecule has 0 aliphatic carbocycles. The Morgan fingerprint density at radius 1 is 1.06 bits per heavy atom. The molecule has 0 radical (unpaired) electrons. The third kappa shape index (κ3) is 7.41. The fourth-order valence-electron chi connectivity index (χ4n) is 3.37. The number of ether oxygens (including phenoxy) is 2. The van der Waals surface area contributed by atoms with Crippen molar-refractivity contribution in [3.63, 3.8) is 0 Å². The molecular formula is C24H28ClI2N3O5. The minimum absolute atomic E-state index is 0.102. The van der Waals surface area contributed by atoms with Crippen molar-refractivity contribution >= 4 is 56.8 Å². The van der Waals surface area contributed by atoms with Gasteiger partial charge in [0.2, 0.25) is 0 Å². The van der Waals surface area contributed by atoms with Crippen LogP contribution >= 0.6 is 56.8 Å². The topological polar surface area (TPSA) is 110 Å². The summed E-state index contributed by atoms with van der Waals surface area (Å²) in [6, 6.07) is 13.8. The highest BCUT2D eigenvalue weighted by atomic mass is 127. The van der Waals surface area contributed by atoms with E-state index in [1.165, 1.54) is 0 Å². The molecule has 35 heavy (non-hydrogen) atoms. The van der Waals surface area contributed by atoms with Gasteiger partial charge in [0.15, 0.2) is 0 Å². The summed E-state index contributed by atoms with van der Waals surface area (Å²) >= 11 is 9.91. The van der Waals surface area contributed by atoms with Gasteiger partial charge in [-0.2, -0.15) is 0 Å². The van der Waals surface area contributed by atoms with Crippen LogP contribution in [0.2, 0.25) is 0 Å². The summed E-state index contributed by atoms with van der Waals surface area (Å²) in [6.45, 7) is 4.58. The van der Waals surface area contributed by atoms with E-state index in [9.17, 15) is 15.3 Å². The zero-order valence-electron chi connectivity index (χ0n) is 19.4. The van der Waals surface area contributed by atoms with Crippen LogP contribution in [-0.4, -0.2) is 61.6 Å². The Balaban J connectivity index is 1.60. The van der Waals surface area contributed by atoms with E-state index < -0.39 is 12.2 Å². The van der Waals surface area contributed by atoms with Gasteiger partial charge in [-0.3, -0.25) is 0 Å². The highest BCUT2D eigenvalue weighted by molar-refractivity contribution is 14.1. The molecule has 0 aliphatic rings. The molecule has 0 bridgehead atoms. The molecule has 0 saturated heterocycles. The highest BCUT2D eigenvalue weighted by Crippen LogP contribution is 2.35. The lowest BCUT2D eigenvalue weighted by Crippen LogP contribution is -2.25. The summed E-state index contributed by atoms with van der Waals surface area (Å²) in [6.07, 6.45) is -1.47. The molecule has 0 aliphatic heterocycles. The van der Waals surface area contributed by atoms with Crippen LogP contribution in [0.3, 0.4) is 0 Å². The van der Waals surface area contributed by atoms with Crippen molar-refractivity contribution in [3.05, 3.63) is 66.6 Å². The zero-order chi connectivity index (χ0) is 25.6. The van der Waals surface area contributed by atoms with E-state index in [1.54, 1.807) is 4.68 Å². The van der Waals surface area contributed by atoms with Crippen LogP contribution in [0, 0.1) is 7.27 Å².